The van der Waals surface area contributed by atoms with Gasteiger partial charge in [-0.15, -0.1) is 0 Å². The van der Waals surface area contributed by atoms with Crippen LogP contribution in [0.1, 0.15) is 30.4 Å². The van der Waals surface area contributed by atoms with Crippen LogP contribution in [0, 0.1) is 0 Å². The average Bonchev–Trinajstić information content (AvgIpc) is 3.29. The van der Waals surface area contributed by atoms with E-state index < -0.39 is 10.0 Å². The summed E-state index contributed by atoms with van der Waals surface area (Å²) >= 11 is 0. The van der Waals surface area contributed by atoms with Crippen molar-refractivity contribution in [2.45, 2.75) is 30.7 Å². The third-order valence-corrected chi connectivity index (χ3v) is 7.37. The molecule has 0 bridgehead atoms. The van der Waals surface area contributed by atoms with E-state index in [0.29, 0.717) is 42.4 Å². The highest BCUT2D eigenvalue weighted by molar-refractivity contribution is 7.89. The molecule has 2 heterocycles. The molecule has 2 aromatic rings. The van der Waals surface area contributed by atoms with Gasteiger partial charge in [0.15, 0.2) is 11.5 Å². The molecule has 0 unspecified atom stereocenters. The van der Waals surface area contributed by atoms with Crippen molar-refractivity contribution in [1.29, 1.82) is 0 Å². The Balaban J connectivity index is 1.44. The minimum atomic E-state index is -3.67. The molecule has 0 saturated carbocycles. The van der Waals surface area contributed by atoms with Crippen LogP contribution in [-0.2, 0) is 21.4 Å². The first-order valence-electron chi connectivity index (χ1n) is 10.5. The molecule has 8 nitrogen and oxygen atoms in total. The summed E-state index contributed by atoms with van der Waals surface area (Å²) in [5, 5.41) is 2.81. The second-order valence-corrected chi connectivity index (χ2v) is 9.52. The monoisotopic (exact) mass is 458 g/mol. The first kappa shape index (κ1) is 22.2. The van der Waals surface area contributed by atoms with Crippen molar-refractivity contribution in [3.63, 3.8) is 0 Å². The Labute approximate surface area is 187 Å². The van der Waals surface area contributed by atoms with Crippen molar-refractivity contribution in [3.8, 4) is 17.2 Å². The maximum absolute atomic E-state index is 13.1. The fraction of sp³-hybridized carbons (Fsp3) is 0.348. The molecular weight excluding hydrogens is 432 g/mol. The molecule has 1 amide bonds. The molecule has 0 radical (unpaired) electrons. The van der Waals surface area contributed by atoms with Gasteiger partial charge in [0.1, 0.15) is 10.6 Å². The molecule has 4 rings (SSSR count). The Morgan fingerprint density at radius 3 is 2.66 bits per heavy atom. The zero-order valence-corrected chi connectivity index (χ0v) is 18.7. The van der Waals surface area contributed by atoms with Crippen molar-refractivity contribution in [2.75, 3.05) is 27.0 Å². The molecule has 0 atom stereocenters. The van der Waals surface area contributed by atoms with Gasteiger partial charge >= 0.3 is 0 Å². The summed E-state index contributed by atoms with van der Waals surface area (Å²) in [7, 11) is -2.22. The maximum atomic E-state index is 13.1. The van der Waals surface area contributed by atoms with Gasteiger partial charge in [0, 0.05) is 25.7 Å². The quantitative estimate of drug-likeness (QED) is 0.641. The highest BCUT2D eigenvalue weighted by Gasteiger charge is 2.29. The van der Waals surface area contributed by atoms with E-state index in [-0.39, 0.29) is 17.6 Å². The molecule has 32 heavy (non-hydrogen) atoms. The van der Waals surface area contributed by atoms with Crippen LogP contribution in [0.25, 0.3) is 6.08 Å². The molecule has 0 spiro atoms. The minimum Gasteiger partial charge on any atom is -0.495 e. The standard InChI is InChI=1S/C23H26N2O6S/c1-29-20-9-5-17(14-22(20)32(27,28)25-11-3-2-4-12-25)7-10-23(26)24-15-18-6-8-19-21(13-18)31-16-30-19/h5-10,13-14H,2-4,11-12,15-16H2,1H3,(H,24,26)/b10-7+. The third kappa shape index (κ3) is 4.89. The summed E-state index contributed by atoms with van der Waals surface area (Å²) < 4.78 is 43.7. The Morgan fingerprint density at radius 2 is 1.88 bits per heavy atom. The highest BCUT2D eigenvalue weighted by Crippen LogP contribution is 2.32. The summed E-state index contributed by atoms with van der Waals surface area (Å²) in [6, 6.07) is 10.4. The van der Waals surface area contributed by atoms with Gasteiger partial charge in [0.2, 0.25) is 22.7 Å². The van der Waals surface area contributed by atoms with Gasteiger partial charge in [-0.2, -0.15) is 4.31 Å². The lowest BCUT2D eigenvalue weighted by Crippen LogP contribution is -2.35. The second-order valence-electron chi connectivity index (χ2n) is 7.61. The van der Waals surface area contributed by atoms with Gasteiger partial charge in [0.25, 0.3) is 0 Å². The predicted molar refractivity (Wildman–Crippen MR) is 119 cm³/mol. The SMILES string of the molecule is COc1ccc(/C=C/C(=O)NCc2ccc3c(c2)OCO3)cc1S(=O)(=O)N1CCCCC1. The Bertz CT molecular complexity index is 1120. The zero-order chi connectivity index (χ0) is 22.6. The second kappa shape index (κ2) is 9.62. The van der Waals surface area contributed by atoms with Gasteiger partial charge in [0.05, 0.1) is 7.11 Å². The molecular formula is C23H26N2O6S. The fourth-order valence-corrected chi connectivity index (χ4v) is 5.42. The van der Waals surface area contributed by atoms with E-state index in [4.69, 9.17) is 14.2 Å². The van der Waals surface area contributed by atoms with Crippen molar-refractivity contribution in [2.24, 2.45) is 0 Å². The van der Waals surface area contributed by atoms with Crippen molar-refractivity contribution >= 4 is 22.0 Å². The van der Waals surface area contributed by atoms with Gasteiger partial charge in [-0.3, -0.25) is 4.79 Å². The molecule has 2 aromatic carbocycles. The molecule has 1 saturated heterocycles. The summed E-state index contributed by atoms with van der Waals surface area (Å²) in [5.74, 6) is 1.35. The number of hydrogen-bond acceptors (Lipinski definition) is 6. The Hall–Kier alpha value is -3.04. The van der Waals surface area contributed by atoms with Crippen LogP contribution in [0.15, 0.2) is 47.4 Å². The minimum absolute atomic E-state index is 0.116. The number of benzene rings is 2. The smallest absolute Gasteiger partial charge is 0.246 e. The number of sulfonamides is 1. The molecule has 2 aliphatic rings. The summed E-state index contributed by atoms with van der Waals surface area (Å²) in [6.45, 7) is 1.55. The molecule has 170 valence electrons. The molecule has 0 aromatic heterocycles. The van der Waals surface area contributed by atoms with Crippen LogP contribution in [0.3, 0.4) is 0 Å². The number of carbonyl (C=O) groups excluding carboxylic acids is 1. The van der Waals surface area contributed by atoms with Gasteiger partial charge < -0.3 is 19.5 Å². The Morgan fingerprint density at radius 1 is 1.09 bits per heavy atom. The van der Waals surface area contributed by atoms with Crippen LogP contribution < -0.4 is 19.5 Å². The lowest BCUT2D eigenvalue weighted by atomic mass is 10.2. The zero-order valence-electron chi connectivity index (χ0n) is 17.9. The van der Waals surface area contributed by atoms with Crippen molar-refractivity contribution in [3.05, 3.63) is 53.6 Å². The van der Waals surface area contributed by atoms with Gasteiger partial charge in [-0.25, -0.2) is 8.42 Å². The Kier molecular flexibility index (Phi) is 6.66. The number of hydrogen-bond donors (Lipinski definition) is 1. The summed E-state index contributed by atoms with van der Waals surface area (Å²) in [5.41, 5.74) is 1.48. The highest BCUT2D eigenvalue weighted by atomic mass is 32.2. The van der Waals surface area contributed by atoms with Crippen LogP contribution in [0.4, 0.5) is 0 Å². The molecule has 2 aliphatic heterocycles. The first-order valence-corrected chi connectivity index (χ1v) is 11.9. The number of ether oxygens (including phenoxy) is 3. The van der Waals surface area contributed by atoms with Crippen LogP contribution >= 0.6 is 0 Å². The van der Waals surface area contributed by atoms with Gasteiger partial charge in [-0.1, -0.05) is 18.6 Å². The van der Waals surface area contributed by atoms with Crippen molar-refractivity contribution < 1.29 is 27.4 Å². The van der Waals surface area contributed by atoms with Crippen LogP contribution in [0.2, 0.25) is 0 Å². The summed E-state index contributed by atoms with van der Waals surface area (Å²) in [4.78, 5) is 12.4. The molecule has 1 N–H and O–H groups in total. The third-order valence-electron chi connectivity index (χ3n) is 5.45. The van der Waals surface area contributed by atoms with Crippen LogP contribution in [-0.4, -0.2) is 45.6 Å². The van der Waals surface area contributed by atoms with E-state index >= 15 is 0 Å². The lowest BCUT2D eigenvalue weighted by Gasteiger charge is -2.26. The van der Waals surface area contributed by atoms with Crippen molar-refractivity contribution in [1.82, 2.24) is 9.62 Å². The number of nitrogens with zero attached hydrogens (tertiary/aromatic N) is 1. The number of amides is 1. The van der Waals surface area contributed by atoms with E-state index in [2.05, 4.69) is 5.32 Å². The van der Waals surface area contributed by atoms with Crippen LogP contribution in [0.5, 0.6) is 17.2 Å². The molecule has 1 fully saturated rings. The molecule has 9 heteroatoms. The maximum Gasteiger partial charge on any atom is 0.246 e. The predicted octanol–water partition coefficient (Wildman–Crippen LogP) is 2.93. The molecule has 0 aliphatic carbocycles. The van der Waals surface area contributed by atoms with E-state index in [1.54, 1.807) is 30.3 Å². The van der Waals surface area contributed by atoms with E-state index in [9.17, 15) is 13.2 Å². The average molecular weight is 459 g/mol. The first-order chi connectivity index (χ1) is 15.5. The summed E-state index contributed by atoms with van der Waals surface area (Å²) in [6.07, 6.45) is 5.71. The number of piperidine rings is 1. The number of nitrogens with one attached hydrogen (secondary N) is 1. The van der Waals surface area contributed by atoms with Gasteiger partial charge in [-0.05, 0) is 54.3 Å². The van der Waals surface area contributed by atoms with E-state index in [1.807, 2.05) is 12.1 Å². The lowest BCUT2D eigenvalue weighted by molar-refractivity contribution is -0.116. The van der Waals surface area contributed by atoms with E-state index in [1.165, 1.54) is 17.5 Å². The number of fused-ring (bicyclic) bond motifs is 1. The number of rotatable bonds is 7. The number of methoxy groups -OCH3 is 1. The van der Waals surface area contributed by atoms with E-state index in [0.717, 1.165) is 24.8 Å². The fourth-order valence-electron chi connectivity index (χ4n) is 3.71. The number of carbonyl (C=O) groups is 1. The topological polar surface area (TPSA) is 94.2 Å². The largest absolute Gasteiger partial charge is 0.495 e. The normalized spacial score (nSPS) is 16.3.